The Bertz CT molecular complexity index is 493. The molecule has 1 fully saturated rings. The van der Waals surface area contributed by atoms with Gasteiger partial charge in [-0.2, -0.15) is 4.98 Å². The van der Waals surface area contributed by atoms with Crippen molar-refractivity contribution in [1.82, 2.24) is 15.0 Å². The maximum absolute atomic E-state index is 9.04. The van der Waals surface area contributed by atoms with Gasteiger partial charge in [-0.25, -0.2) is 0 Å². The predicted octanol–water partition coefficient (Wildman–Crippen LogP) is 1.75. The molecule has 1 aliphatic carbocycles. The second-order valence-electron chi connectivity index (χ2n) is 4.41. The Morgan fingerprint density at radius 3 is 3.06 bits per heavy atom. The molecule has 96 valence electrons. The first-order valence-electron chi connectivity index (χ1n) is 6.08. The van der Waals surface area contributed by atoms with Gasteiger partial charge >= 0.3 is 0 Å². The summed E-state index contributed by atoms with van der Waals surface area (Å²) in [4.78, 5) is 7.61. The Morgan fingerprint density at radius 2 is 2.39 bits per heavy atom. The highest BCUT2D eigenvalue weighted by atomic mass is 32.1. The van der Waals surface area contributed by atoms with E-state index in [0.717, 1.165) is 4.88 Å². The fraction of sp³-hybridized carbons (Fsp3) is 0.500. The molecule has 2 aromatic rings. The number of hydrogen-bond donors (Lipinski definition) is 1. The van der Waals surface area contributed by atoms with E-state index in [1.807, 2.05) is 17.5 Å². The third kappa shape index (κ3) is 2.60. The van der Waals surface area contributed by atoms with Crippen LogP contribution in [0.15, 0.2) is 22.0 Å². The van der Waals surface area contributed by atoms with Gasteiger partial charge in [-0.3, -0.25) is 4.90 Å². The van der Waals surface area contributed by atoms with E-state index in [2.05, 4.69) is 15.0 Å². The van der Waals surface area contributed by atoms with Crippen LogP contribution in [0, 0.1) is 0 Å². The number of hydrogen-bond acceptors (Lipinski definition) is 6. The lowest BCUT2D eigenvalue weighted by atomic mass is 10.4. The molecule has 5 nitrogen and oxygen atoms in total. The number of aromatic nitrogens is 2. The lowest BCUT2D eigenvalue weighted by molar-refractivity contribution is 0.167. The van der Waals surface area contributed by atoms with Crippen molar-refractivity contribution >= 4 is 11.3 Å². The minimum Gasteiger partial charge on any atom is -0.395 e. The van der Waals surface area contributed by atoms with Crippen molar-refractivity contribution in [1.29, 1.82) is 0 Å². The maximum atomic E-state index is 9.04. The molecule has 0 saturated heterocycles. The van der Waals surface area contributed by atoms with E-state index < -0.39 is 0 Å². The molecule has 0 amide bonds. The molecular weight excluding hydrogens is 250 g/mol. The van der Waals surface area contributed by atoms with Crippen LogP contribution in [0.3, 0.4) is 0 Å². The van der Waals surface area contributed by atoms with Crippen molar-refractivity contribution in [3.05, 3.63) is 23.4 Å². The van der Waals surface area contributed by atoms with Crippen LogP contribution in [0.4, 0.5) is 0 Å². The Balaban J connectivity index is 1.69. The minimum atomic E-state index is 0.169. The van der Waals surface area contributed by atoms with Crippen molar-refractivity contribution in [2.75, 3.05) is 13.2 Å². The van der Waals surface area contributed by atoms with Gasteiger partial charge in [0, 0.05) is 12.6 Å². The third-order valence-corrected chi connectivity index (χ3v) is 3.86. The first-order valence-corrected chi connectivity index (χ1v) is 6.96. The van der Waals surface area contributed by atoms with Gasteiger partial charge in [-0.15, -0.1) is 11.3 Å². The largest absolute Gasteiger partial charge is 0.395 e. The summed E-state index contributed by atoms with van der Waals surface area (Å²) in [6.45, 7) is 1.47. The van der Waals surface area contributed by atoms with Crippen molar-refractivity contribution in [3.8, 4) is 10.7 Å². The first-order chi connectivity index (χ1) is 8.86. The molecule has 0 radical (unpaired) electrons. The molecule has 1 aliphatic rings. The summed E-state index contributed by atoms with van der Waals surface area (Å²) in [6, 6.07) is 4.53. The van der Waals surface area contributed by atoms with Crippen LogP contribution < -0.4 is 0 Å². The van der Waals surface area contributed by atoms with Crippen LogP contribution in [0.25, 0.3) is 10.7 Å². The van der Waals surface area contributed by atoms with E-state index in [-0.39, 0.29) is 6.61 Å². The van der Waals surface area contributed by atoms with E-state index in [4.69, 9.17) is 9.63 Å². The second-order valence-corrected chi connectivity index (χ2v) is 5.36. The lowest BCUT2D eigenvalue weighted by Crippen LogP contribution is -2.28. The van der Waals surface area contributed by atoms with Crippen LogP contribution in [0.1, 0.15) is 18.7 Å². The number of aliphatic hydroxyl groups excluding tert-OH is 1. The van der Waals surface area contributed by atoms with Gasteiger partial charge in [0.1, 0.15) is 0 Å². The maximum Gasteiger partial charge on any atom is 0.241 e. The zero-order chi connectivity index (χ0) is 12.4. The van der Waals surface area contributed by atoms with Crippen LogP contribution in [0.5, 0.6) is 0 Å². The molecule has 0 aliphatic heterocycles. The molecule has 3 rings (SSSR count). The monoisotopic (exact) mass is 265 g/mol. The van der Waals surface area contributed by atoms with Gasteiger partial charge in [0.25, 0.3) is 0 Å². The molecule has 6 heteroatoms. The summed E-state index contributed by atoms with van der Waals surface area (Å²) in [5.74, 6) is 1.28. The molecule has 0 spiro atoms. The normalized spacial score (nSPS) is 15.4. The Kier molecular flexibility index (Phi) is 3.40. The van der Waals surface area contributed by atoms with Crippen LogP contribution in [-0.4, -0.2) is 39.3 Å². The quantitative estimate of drug-likeness (QED) is 0.862. The minimum absolute atomic E-state index is 0.169. The summed E-state index contributed by atoms with van der Waals surface area (Å²) in [7, 11) is 0. The summed E-state index contributed by atoms with van der Waals surface area (Å²) in [5.41, 5.74) is 0. The molecule has 0 atom stereocenters. The van der Waals surface area contributed by atoms with Crippen molar-refractivity contribution < 1.29 is 9.63 Å². The number of rotatable bonds is 6. The third-order valence-electron chi connectivity index (χ3n) is 3.00. The average molecular weight is 265 g/mol. The van der Waals surface area contributed by atoms with Gasteiger partial charge in [0.2, 0.25) is 11.7 Å². The highest BCUT2D eigenvalue weighted by Crippen LogP contribution is 2.28. The average Bonchev–Trinajstić information content (AvgIpc) is 2.90. The molecular formula is C12H15N3O2S. The SMILES string of the molecule is OCCN(Cc1nc(-c2cccs2)no1)C1CC1. The molecule has 18 heavy (non-hydrogen) atoms. The molecule has 0 unspecified atom stereocenters. The van der Waals surface area contributed by atoms with E-state index in [1.54, 1.807) is 11.3 Å². The molecule has 1 saturated carbocycles. The standard InChI is InChI=1S/C12H15N3O2S/c16-6-5-15(9-3-4-9)8-11-13-12(14-17-11)10-2-1-7-18-10/h1-2,7,9,16H,3-6,8H2. The number of aliphatic hydroxyl groups is 1. The van der Waals surface area contributed by atoms with E-state index in [1.165, 1.54) is 12.8 Å². The highest BCUT2D eigenvalue weighted by molar-refractivity contribution is 7.13. The Morgan fingerprint density at radius 1 is 1.50 bits per heavy atom. The summed E-state index contributed by atoms with van der Waals surface area (Å²) in [6.07, 6.45) is 2.40. The van der Waals surface area contributed by atoms with Crippen LogP contribution >= 0.6 is 11.3 Å². The lowest BCUT2D eigenvalue weighted by Gasteiger charge is -2.17. The smallest absolute Gasteiger partial charge is 0.241 e. The van der Waals surface area contributed by atoms with E-state index >= 15 is 0 Å². The number of thiophene rings is 1. The molecule has 0 bridgehead atoms. The summed E-state index contributed by atoms with van der Waals surface area (Å²) < 4.78 is 5.27. The highest BCUT2D eigenvalue weighted by Gasteiger charge is 2.29. The zero-order valence-corrected chi connectivity index (χ0v) is 10.8. The Hall–Kier alpha value is -1.24. The van der Waals surface area contributed by atoms with Gasteiger partial charge < -0.3 is 9.63 Å². The molecule has 2 heterocycles. The van der Waals surface area contributed by atoms with Gasteiger partial charge in [0.05, 0.1) is 18.0 Å². The van der Waals surface area contributed by atoms with Crippen molar-refractivity contribution in [2.24, 2.45) is 0 Å². The molecule has 0 aromatic carbocycles. The zero-order valence-electron chi connectivity index (χ0n) is 9.95. The van der Waals surface area contributed by atoms with Crippen LogP contribution in [-0.2, 0) is 6.54 Å². The van der Waals surface area contributed by atoms with Crippen molar-refractivity contribution in [3.63, 3.8) is 0 Å². The van der Waals surface area contributed by atoms with E-state index in [0.29, 0.717) is 30.8 Å². The molecule has 1 N–H and O–H groups in total. The number of nitrogens with zero attached hydrogens (tertiary/aromatic N) is 3. The van der Waals surface area contributed by atoms with Gasteiger partial charge in [0.15, 0.2) is 0 Å². The van der Waals surface area contributed by atoms with Crippen molar-refractivity contribution in [2.45, 2.75) is 25.4 Å². The topological polar surface area (TPSA) is 62.4 Å². The summed E-state index contributed by atoms with van der Waals surface area (Å²) >= 11 is 1.60. The fourth-order valence-electron chi connectivity index (χ4n) is 1.96. The molecule has 2 aromatic heterocycles. The Labute approximate surface area is 109 Å². The van der Waals surface area contributed by atoms with E-state index in [9.17, 15) is 0 Å². The van der Waals surface area contributed by atoms with Gasteiger partial charge in [-0.05, 0) is 24.3 Å². The predicted molar refractivity (Wildman–Crippen MR) is 68.1 cm³/mol. The van der Waals surface area contributed by atoms with Gasteiger partial charge in [-0.1, -0.05) is 11.2 Å². The second kappa shape index (κ2) is 5.17. The fourth-order valence-corrected chi connectivity index (χ4v) is 2.61. The first kappa shape index (κ1) is 11.8. The van der Waals surface area contributed by atoms with Crippen LogP contribution in [0.2, 0.25) is 0 Å². The summed E-state index contributed by atoms with van der Waals surface area (Å²) in [5, 5.41) is 15.0.